The number of hydrogen-bond acceptors (Lipinski definition) is 6. The van der Waals surface area contributed by atoms with Crippen LogP contribution in [0.4, 0.5) is 5.13 Å². The highest BCUT2D eigenvalue weighted by Gasteiger charge is 2.22. The topological polar surface area (TPSA) is 62.7 Å². The van der Waals surface area contributed by atoms with Crippen LogP contribution in [-0.2, 0) is 4.74 Å². The molecule has 1 aliphatic heterocycles. The number of nitrogens with zero attached hydrogens (tertiary/aromatic N) is 3. The van der Waals surface area contributed by atoms with E-state index >= 15 is 0 Å². The van der Waals surface area contributed by atoms with Crippen molar-refractivity contribution in [1.82, 2.24) is 9.88 Å². The lowest BCUT2D eigenvalue weighted by atomic mass is 10.1. The summed E-state index contributed by atoms with van der Waals surface area (Å²) in [7, 11) is 0. The highest BCUT2D eigenvalue weighted by Crippen LogP contribution is 2.33. The first-order valence-corrected chi connectivity index (χ1v) is 11.5. The molecule has 2 heterocycles. The second-order valence-electron chi connectivity index (χ2n) is 7.48. The number of ketones is 1. The van der Waals surface area contributed by atoms with Crippen LogP contribution >= 0.6 is 22.9 Å². The van der Waals surface area contributed by atoms with E-state index < -0.39 is 0 Å². The number of hydrogen-bond donors (Lipinski definition) is 0. The summed E-state index contributed by atoms with van der Waals surface area (Å²) in [6.07, 6.45) is 0.820. The van der Waals surface area contributed by atoms with E-state index in [4.69, 9.17) is 16.3 Å². The Hall–Kier alpha value is -2.32. The number of rotatable bonds is 7. The van der Waals surface area contributed by atoms with Gasteiger partial charge in [-0.2, -0.15) is 0 Å². The smallest absolute Gasteiger partial charge is 0.260 e. The number of anilines is 1. The first-order valence-electron chi connectivity index (χ1n) is 10.3. The molecule has 0 radical (unpaired) electrons. The van der Waals surface area contributed by atoms with E-state index in [1.54, 1.807) is 35.2 Å². The van der Waals surface area contributed by atoms with Crippen molar-refractivity contribution in [2.75, 3.05) is 44.3 Å². The third-order valence-corrected chi connectivity index (χ3v) is 6.68. The van der Waals surface area contributed by atoms with Crippen molar-refractivity contribution >= 4 is 50.0 Å². The van der Waals surface area contributed by atoms with Gasteiger partial charge in [0.1, 0.15) is 5.52 Å². The van der Waals surface area contributed by atoms with E-state index in [9.17, 15) is 9.59 Å². The maximum Gasteiger partial charge on any atom is 0.260 e. The third kappa shape index (κ3) is 5.13. The van der Waals surface area contributed by atoms with Crippen LogP contribution in [0.5, 0.6) is 0 Å². The van der Waals surface area contributed by atoms with Gasteiger partial charge in [-0.15, -0.1) is 0 Å². The number of amides is 1. The lowest BCUT2D eigenvalue weighted by molar-refractivity contribution is 0.0376. The first-order chi connectivity index (χ1) is 15.0. The van der Waals surface area contributed by atoms with E-state index in [0.29, 0.717) is 33.3 Å². The van der Waals surface area contributed by atoms with Crippen LogP contribution in [-0.4, -0.2) is 61.0 Å². The van der Waals surface area contributed by atoms with E-state index in [1.165, 1.54) is 18.3 Å². The van der Waals surface area contributed by atoms with Gasteiger partial charge in [0, 0.05) is 37.3 Å². The molecule has 4 rings (SSSR count). The lowest BCUT2D eigenvalue weighted by Crippen LogP contribution is -2.39. The Labute approximate surface area is 190 Å². The van der Waals surface area contributed by atoms with Crippen molar-refractivity contribution in [3.63, 3.8) is 0 Å². The molecular formula is C23H24ClN3O3S. The van der Waals surface area contributed by atoms with Gasteiger partial charge in [-0.25, -0.2) is 4.98 Å². The number of carbonyl (C=O) groups is 2. The summed E-state index contributed by atoms with van der Waals surface area (Å²) in [4.78, 5) is 33.7. The summed E-state index contributed by atoms with van der Waals surface area (Å²) in [6, 6.07) is 12.4. The average Bonchev–Trinajstić information content (AvgIpc) is 3.22. The van der Waals surface area contributed by atoms with Gasteiger partial charge in [-0.05, 0) is 37.6 Å². The number of Topliss-reactive ketones (excluding diaryl/α,β-unsaturated/α-hetero) is 1. The second-order valence-corrected chi connectivity index (χ2v) is 8.90. The molecule has 0 atom stereocenters. The molecule has 0 unspecified atom stereocenters. The van der Waals surface area contributed by atoms with Crippen LogP contribution in [0.25, 0.3) is 10.2 Å². The number of ether oxygens (including phenoxy) is 1. The Morgan fingerprint density at radius 2 is 1.84 bits per heavy atom. The number of carbonyl (C=O) groups excluding carboxylic acids is 2. The van der Waals surface area contributed by atoms with E-state index in [0.717, 1.165) is 44.0 Å². The number of benzene rings is 2. The molecule has 1 aromatic heterocycles. The molecule has 0 N–H and O–H groups in total. The van der Waals surface area contributed by atoms with Gasteiger partial charge in [0.15, 0.2) is 10.9 Å². The largest absolute Gasteiger partial charge is 0.379 e. The Morgan fingerprint density at radius 3 is 2.52 bits per heavy atom. The van der Waals surface area contributed by atoms with Gasteiger partial charge in [0.05, 0.1) is 22.9 Å². The molecule has 0 aliphatic carbocycles. The minimum Gasteiger partial charge on any atom is -0.379 e. The van der Waals surface area contributed by atoms with Crippen molar-refractivity contribution < 1.29 is 14.3 Å². The van der Waals surface area contributed by atoms with Crippen LogP contribution in [0.1, 0.15) is 34.1 Å². The molecule has 6 nitrogen and oxygen atoms in total. The molecule has 3 aromatic rings. The highest BCUT2D eigenvalue weighted by atomic mass is 35.5. The molecule has 31 heavy (non-hydrogen) atoms. The minimum absolute atomic E-state index is 0.0258. The number of thiazole rings is 1. The molecule has 0 saturated carbocycles. The van der Waals surface area contributed by atoms with Gasteiger partial charge in [-0.3, -0.25) is 19.4 Å². The Bertz CT molecular complexity index is 1080. The normalized spacial score (nSPS) is 14.6. The van der Waals surface area contributed by atoms with Crippen molar-refractivity contribution in [3.05, 3.63) is 58.6 Å². The zero-order valence-corrected chi connectivity index (χ0v) is 18.9. The third-order valence-electron chi connectivity index (χ3n) is 5.33. The summed E-state index contributed by atoms with van der Waals surface area (Å²) in [5.41, 5.74) is 1.82. The van der Waals surface area contributed by atoms with Crippen LogP contribution < -0.4 is 4.90 Å². The van der Waals surface area contributed by atoms with Gasteiger partial charge in [-0.1, -0.05) is 41.1 Å². The molecule has 1 saturated heterocycles. The van der Waals surface area contributed by atoms with E-state index in [2.05, 4.69) is 9.88 Å². The molecule has 2 aromatic carbocycles. The van der Waals surface area contributed by atoms with Gasteiger partial charge < -0.3 is 4.74 Å². The molecule has 8 heteroatoms. The quantitative estimate of drug-likeness (QED) is 0.488. The maximum atomic E-state index is 13.4. The Morgan fingerprint density at radius 1 is 1.13 bits per heavy atom. The molecule has 1 aliphatic rings. The number of halogens is 1. The molecule has 0 bridgehead atoms. The number of para-hydroxylation sites is 1. The van der Waals surface area contributed by atoms with Crippen LogP contribution in [0.2, 0.25) is 5.02 Å². The standard InChI is InChI=1S/C23H24ClN3O3S/c1-16(28)17-6-8-18(9-7-17)22(29)27(11-3-10-26-12-14-30-15-13-26)23-25-21-19(24)4-2-5-20(21)31-23/h2,4-9H,3,10-15H2,1H3. The summed E-state index contributed by atoms with van der Waals surface area (Å²) in [5, 5.41) is 1.21. The highest BCUT2D eigenvalue weighted by molar-refractivity contribution is 7.22. The summed E-state index contributed by atoms with van der Waals surface area (Å²) in [6.45, 7) is 6.28. The van der Waals surface area contributed by atoms with Crippen molar-refractivity contribution in [2.24, 2.45) is 0 Å². The lowest BCUT2D eigenvalue weighted by Gasteiger charge is -2.27. The number of fused-ring (bicyclic) bond motifs is 1. The summed E-state index contributed by atoms with van der Waals surface area (Å²) in [5.74, 6) is -0.158. The molecular weight excluding hydrogens is 434 g/mol. The predicted octanol–water partition coefficient (Wildman–Crippen LogP) is 4.52. The zero-order chi connectivity index (χ0) is 21.8. The molecule has 1 fully saturated rings. The minimum atomic E-state index is -0.132. The van der Waals surface area contributed by atoms with Crippen molar-refractivity contribution in [3.8, 4) is 0 Å². The van der Waals surface area contributed by atoms with Gasteiger partial charge in [0.2, 0.25) is 0 Å². The maximum absolute atomic E-state index is 13.4. The fraction of sp³-hybridized carbons (Fsp3) is 0.348. The van der Waals surface area contributed by atoms with Crippen LogP contribution in [0, 0.1) is 0 Å². The fourth-order valence-electron chi connectivity index (χ4n) is 3.58. The summed E-state index contributed by atoms with van der Waals surface area (Å²) < 4.78 is 6.36. The average molecular weight is 458 g/mol. The predicted molar refractivity (Wildman–Crippen MR) is 125 cm³/mol. The van der Waals surface area contributed by atoms with Gasteiger partial charge in [0.25, 0.3) is 5.91 Å². The molecule has 1 amide bonds. The van der Waals surface area contributed by atoms with Crippen LogP contribution in [0.15, 0.2) is 42.5 Å². The molecule has 162 valence electrons. The van der Waals surface area contributed by atoms with Crippen molar-refractivity contribution in [2.45, 2.75) is 13.3 Å². The Kier molecular flexibility index (Phi) is 6.97. The van der Waals surface area contributed by atoms with Crippen molar-refractivity contribution in [1.29, 1.82) is 0 Å². The number of aromatic nitrogens is 1. The number of morpholine rings is 1. The Balaban J connectivity index is 1.58. The first kappa shape index (κ1) is 21.9. The van der Waals surface area contributed by atoms with E-state index in [1.807, 2.05) is 12.1 Å². The SMILES string of the molecule is CC(=O)c1ccc(C(=O)N(CCCN2CCOCC2)c2nc3c(Cl)cccc3s2)cc1. The van der Waals surface area contributed by atoms with Crippen LogP contribution in [0.3, 0.4) is 0 Å². The summed E-state index contributed by atoms with van der Waals surface area (Å²) >= 11 is 7.77. The fourth-order valence-corrected chi connectivity index (χ4v) is 4.87. The van der Waals surface area contributed by atoms with Gasteiger partial charge >= 0.3 is 0 Å². The second kappa shape index (κ2) is 9.87. The zero-order valence-electron chi connectivity index (χ0n) is 17.3. The van der Waals surface area contributed by atoms with E-state index in [-0.39, 0.29) is 11.7 Å². The molecule has 0 spiro atoms. The monoisotopic (exact) mass is 457 g/mol.